The third kappa shape index (κ3) is 4.66. The molecule has 0 bridgehead atoms. The number of nitrogens with zero attached hydrogens (tertiary/aromatic N) is 2. The summed E-state index contributed by atoms with van der Waals surface area (Å²) in [4.78, 5) is 20.4. The lowest BCUT2D eigenvalue weighted by molar-refractivity contribution is 0.0946. The number of ether oxygens (including phenoxy) is 1. The van der Waals surface area contributed by atoms with Crippen molar-refractivity contribution in [2.45, 2.75) is 25.5 Å². The largest absolute Gasteiger partial charge is 0.376 e. The van der Waals surface area contributed by atoms with Crippen molar-refractivity contribution in [2.75, 3.05) is 18.5 Å². The average molecular weight is 347 g/mol. The van der Waals surface area contributed by atoms with Gasteiger partial charge in [0.1, 0.15) is 17.8 Å². The van der Waals surface area contributed by atoms with Crippen molar-refractivity contribution in [1.29, 1.82) is 0 Å². The Morgan fingerprint density at radius 3 is 2.88 bits per heavy atom. The monoisotopic (exact) mass is 346 g/mol. The van der Waals surface area contributed by atoms with Gasteiger partial charge < -0.3 is 15.4 Å². The Bertz CT molecular complexity index is 687. The second-order valence-electron chi connectivity index (χ2n) is 5.61. The summed E-state index contributed by atoms with van der Waals surface area (Å²) >= 11 is 5.84. The molecule has 6 nitrogen and oxygen atoms in total. The molecule has 2 aromatic rings. The molecule has 1 atom stereocenters. The van der Waals surface area contributed by atoms with Crippen LogP contribution in [0.4, 0.5) is 5.82 Å². The maximum absolute atomic E-state index is 12.2. The van der Waals surface area contributed by atoms with Gasteiger partial charge in [-0.1, -0.05) is 23.7 Å². The van der Waals surface area contributed by atoms with Gasteiger partial charge in [0.25, 0.3) is 5.91 Å². The fraction of sp³-hybridized carbons (Fsp3) is 0.353. The predicted molar refractivity (Wildman–Crippen MR) is 92.1 cm³/mol. The van der Waals surface area contributed by atoms with Crippen LogP contribution in [0.25, 0.3) is 0 Å². The Labute approximate surface area is 145 Å². The predicted octanol–water partition coefficient (Wildman–Crippen LogP) is 2.65. The normalized spacial score (nSPS) is 16.8. The van der Waals surface area contributed by atoms with Crippen LogP contribution in [0.2, 0.25) is 5.02 Å². The summed E-state index contributed by atoms with van der Waals surface area (Å²) in [6, 6.07) is 8.97. The van der Waals surface area contributed by atoms with E-state index in [1.807, 2.05) is 12.1 Å². The first-order valence-corrected chi connectivity index (χ1v) is 8.28. The molecule has 0 spiro atoms. The Hall–Kier alpha value is -2.18. The maximum atomic E-state index is 12.2. The Kier molecular flexibility index (Phi) is 5.61. The molecule has 1 aromatic heterocycles. The quantitative estimate of drug-likeness (QED) is 0.841. The minimum absolute atomic E-state index is 0.210. The molecule has 1 aliphatic rings. The fourth-order valence-corrected chi connectivity index (χ4v) is 2.60. The van der Waals surface area contributed by atoms with Crippen LogP contribution in [0, 0.1) is 0 Å². The zero-order chi connectivity index (χ0) is 16.8. The van der Waals surface area contributed by atoms with E-state index in [2.05, 4.69) is 20.6 Å². The molecular weight excluding hydrogens is 328 g/mol. The van der Waals surface area contributed by atoms with E-state index >= 15 is 0 Å². The molecule has 0 saturated carbocycles. The highest BCUT2D eigenvalue weighted by molar-refractivity contribution is 6.30. The van der Waals surface area contributed by atoms with Crippen molar-refractivity contribution in [2.24, 2.45) is 0 Å². The van der Waals surface area contributed by atoms with Crippen LogP contribution in [0.1, 0.15) is 28.9 Å². The summed E-state index contributed by atoms with van der Waals surface area (Å²) in [6.45, 7) is 1.91. The summed E-state index contributed by atoms with van der Waals surface area (Å²) in [7, 11) is 0. The number of amides is 1. The van der Waals surface area contributed by atoms with E-state index in [9.17, 15) is 4.79 Å². The van der Waals surface area contributed by atoms with Gasteiger partial charge in [-0.3, -0.25) is 4.79 Å². The van der Waals surface area contributed by atoms with Crippen LogP contribution in [0.15, 0.2) is 36.7 Å². The van der Waals surface area contributed by atoms with E-state index in [1.165, 1.54) is 6.33 Å². The van der Waals surface area contributed by atoms with Crippen molar-refractivity contribution < 1.29 is 9.53 Å². The molecule has 0 aliphatic carbocycles. The van der Waals surface area contributed by atoms with Gasteiger partial charge in [0.2, 0.25) is 0 Å². The molecule has 1 fully saturated rings. The molecule has 2 heterocycles. The molecule has 126 valence electrons. The van der Waals surface area contributed by atoms with Crippen LogP contribution < -0.4 is 10.6 Å². The van der Waals surface area contributed by atoms with Crippen molar-refractivity contribution >= 4 is 23.3 Å². The summed E-state index contributed by atoms with van der Waals surface area (Å²) < 4.78 is 5.55. The number of halogens is 1. The molecule has 0 radical (unpaired) electrons. The van der Waals surface area contributed by atoms with Gasteiger partial charge in [-0.25, -0.2) is 9.97 Å². The Morgan fingerprint density at radius 2 is 2.12 bits per heavy atom. The first kappa shape index (κ1) is 16.7. The van der Waals surface area contributed by atoms with Crippen molar-refractivity contribution in [1.82, 2.24) is 15.3 Å². The zero-order valence-electron chi connectivity index (χ0n) is 13.2. The van der Waals surface area contributed by atoms with Gasteiger partial charge in [0.05, 0.1) is 6.10 Å². The van der Waals surface area contributed by atoms with E-state index in [-0.39, 0.29) is 12.0 Å². The minimum Gasteiger partial charge on any atom is -0.376 e. The first-order chi connectivity index (χ1) is 11.7. The van der Waals surface area contributed by atoms with Crippen molar-refractivity contribution in [3.8, 4) is 0 Å². The number of hydrogen-bond acceptors (Lipinski definition) is 5. The van der Waals surface area contributed by atoms with Crippen LogP contribution >= 0.6 is 11.6 Å². The standard InChI is InChI=1S/C17H19ClN4O2/c18-13-5-3-12(4-6-13)9-20-17(23)15-8-16(22-11-21-15)19-10-14-2-1-7-24-14/h3-6,8,11,14H,1-2,7,9-10H2,(H,20,23)(H,19,21,22). The zero-order valence-corrected chi connectivity index (χ0v) is 13.9. The van der Waals surface area contributed by atoms with Crippen molar-refractivity contribution in [3.05, 3.63) is 52.9 Å². The Morgan fingerprint density at radius 1 is 1.29 bits per heavy atom. The topological polar surface area (TPSA) is 76.1 Å². The summed E-state index contributed by atoms with van der Waals surface area (Å²) in [6.07, 6.45) is 3.73. The number of nitrogens with one attached hydrogen (secondary N) is 2. The highest BCUT2D eigenvalue weighted by Gasteiger charge is 2.15. The molecule has 3 rings (SSSR count). The molecule has 24 heavy (non-hydrogen) atoms. The molecule has 1 unspecified atom stereocenters. The summed E-state index contributed by atoms with van der Waals surface area (Å²) in [5.41, 5.74) is 1.30. The fourth-order valence-electron chi connectivity index (χ4n) is 2.48. The lowest BCUT2D eigenvalue weighted by Crippen LogP contribution is -2.24. The number of anilines is 1. The van der Waals surface area contributed by atoms with Gasteiger partial charge in [0.15, 0.2) is 0 Å². The lowest BCUT2D eigenvalue weighted by atomic mass is 10.2. The number of hydrogen-bond donors (Lipinski definition) is 2. The third-order valence-corrected chi connectivity index (χ3v) is 4.05. The van der Waals surface area contributed by atoms with Gasteiger partial charge in [-0.05, 0) is 30.5 Å². The summed E-state index contributed by atoms with van der Waals surface area (Å²) in [5.74, 6) is 0.379. The number of rotatable bonds is 6. The molecule has 2 N–H and O–H groups in total. The second-order valence-corrected chi connectivity index (χ2v) is 6.05. The molecule has 1 aliphatic heterocycles. The highest BCUT2D eigenvalue weighted by atomic mass is 35.5. The average Bonchev–Trinajstić information content (AvgIpc) is 3.13. The van der Waals surface area contributed by atoms with E-state index in [4.69, 9.17) is 16.3 Å². The van der Waals surface area contributed by atoms with E-state index in [0.717, 1.165) is 25.0 Å². The lowest BCUT2D eigenvalue weighted by Gasteiger charge is -2.11. The molecule has 7 heteroatoms. The molecule has 1 saturated heterocycles. The smallest absolute Gasteiger partial charge is 0.270 e. The van der Waals surface area contributed by atoms with Crippen LogP contribution in [-0.2, 0) is 11.3 Å². The van der Waals surface area contributed by atoms with Crippen LogP contribution in [0.5, 0.6) is 0 Å². The van der Waals surface area contributed by atoms with Crippen LogP contribution in [-0.4, -0.2) is 35.1 Å². The second kappa shape index (κ2) is 8.08. The number of carbonyl (C=O) groups is 1. The number of aromatic nitrogens is 2. The number of carbonyl (C=O) groups excluding carboxylic acids is 1. The summed E-state index contributed by atoms with van der Waals surface area (Å²) in [5, 5.41) is 6.69. The number of benzene rings is 1. The van der Waals surface area contributed by atoms with Crippen molar-refractivity contribution in [3.63, 3.8) is 0 Å². The van der Waals surface area contributed by atoms with E-state index in [0.29, 0.717) is 29.6 Å². The Balaban J connectivity index is 1.54. The van der Waals surface area contributed by atoms with Crippen LogP contribution in [0.3, 0.4) is 0 Å². The maximum Gasteiger partial charge on any atom is 0.270 e. The third-order valence-electron chi connectivity index (χ3n) is 3.80. The molecule has 1 aromatic carbocycles. The van der Waals surface area contributed by atoms with E-state index < -0.39 is 0 Å². The van der Waals surface area contributed by atoms with Gasteiger partial charge in [-0.15, -0.1) is 0 Å². The highest BCUT2D eigenvalue weighted by Crippen LogP contribution is 2.13. The minimum atomic E-state index is -0.243. The molecular formula is C17H19ClN4O2. The van der Waals surface area contributed by atoms with Gasteiger partial charge >= 0.3 is 0 Å². The van der Waals surface area contributed by atoms with Gasteiger partial charge in [-0.2, -0.15) is 0 Å². The van der Waals surface area contributed by atoms with Gasteiger partial charge in [0, 0.05) is 30.8 Å². The first-order valence-electron chi connectivity index (χ1n) is 7.91. The molecule has 1 amide bonds. The van der Waals surface area contributed by atoms with E-state index in [1.54, 1.807) is 18.2 Å². The SMILES string of the molecule is O=C(NCc1ccc(Cl)cc1)c1cc(NCC2CCCO2)ncn1.